The van der Waals surface area contributed by atoms with E-state index in [9.17, 15) is 5.11 Å². The molecule has 21 heavy (non-hydrogen) atoms. The number of rotatable bonds is 3. The highest BCUT2D eigenvalue weighted by Gasteiger charge is 2.37. The quantitative estimate of drug-likeness (QED) is 0.671. The lowest BCUT2D eigenvalue weighted by molar-refractivity contribution is 0.0578. The van der Waals surface area contributed by atoms with E-state index in [-0.39, 0.29) is 6.04 Å². The van der Waals surface area contributed by atoms with E-state index < -0.39 is 5.60 Å². The van der Waals surface area contributed by atoms with Crippen LogP contribution in [-0.4, -0.2) is 38.0 Å². The molecule has 2 heterocycles. The molecule has 6 heteroatoms. The minimum absolute atomic E-state index is 0.0164. The predicted octanol–water partition coefficient (Wildman–Crippen LogP) is 2.77. The first kappa shape index (κ1) is 14.5. The van der Waals surface area contributed by atoms with Crippen molar-refractivity contribution in [2.75, 3.05) is 11.6 Å². The number of aromatic nitrogens is 3. The number of fused-ring (bicyclic) bond motifs is 1. The number of pyridine rings is 1. The average molecular weight is 304 g/mol. The van der Waals surface area contributed by atoms with E-state index in [1.807, 2.05) is 32.4 Å². The van der Waals surface area contributed by atoms with Gasteiger partial charge in [0.2, 0.25) is 0 Å². The van der Waals surface area contributed by atoms with Crippen molar-refractivity contribution in [1.29, 1.82) is 0 Å². The van der Waals surface area contributed by atoms with Crippen molar-refractivity contribution in [3.63, 3.8) is 0 Å². The molecule has 2 N–H and O–H groups in total. The molecule has 0 aliphatic heterocycles. The van der Waals surface area contributed by atoms with E-state index in [0.29, 0.717) is 0 Å². The highest BCUT2D eigenvalue weighted by atomic mass is 32.2. The summed E-state index contributed by atoms with van der Waals surface area (Å²) in [6.07, 6.45) is 6.59. The van der Waals surface area contributed by atoms with E-state index >= 15 is 0 Å². The molecule has 0 saturated heterocycles. The van der Waals surface area contributed by atoms with Gasteiger partial charge in [-0.2, -0.15) is 0 Å². The third-order valence-corrected chi connectivity index (χ3v) is 4.65. The zero-order valence-corrected chi connectivity index (χ0v) is 13.4. The summed E-state index contributed by atoms with van der Waals surface area (Å²) < 4.78 is 0. The molecular weight excluding hydrogens is 284 g/mol. The van der Waals surface area contributed by atoms with Crippen molar-refractivity contribution < 1.29 is 5.11 Å². The summed E-state index contributed by atoms with van der Waals surface area (Å²) >= 11 is 1.51. The fourth-order valence-electron chi connectivity index (χ4n) is 2.90. The number of aliphatic hydroxyl groups is 1. The van der Waals surface area contributed by atoms with E-state index in [1.165, 1.54) is 11.8 Å². The van der Waals surface area contributed by atoms with Gasteiger partial charge in [-0.3, -0.25) is 0 Å². The van der Waals surface area contributed by atoms with E-state index in [1.54, 1.807) is 0 Å². The smallest absolute Gasteiger partial charge is 0.187 e. The van der Waals surface area contributed by atoms with Crippen LogP contribution in [0.5, 0.6) is 0 Å². The molecule has 2 aromatic rings. The second kappa shape index (κ2) is 5.42. The maximum atomic E-state index is 10.4. The Balaban J connectivity index is 2.04. The lowest BCUT2D eigenvalue weighted by Gasteiger charge is -2.27. The molecular formula is C15H20N4OS. The van der Waals surface area contributed by atoms with Crippen LogP contribution in [0.4, 0.5) is 5.82 Å². The summed E-state index contributed by atoms with van der Waals surface area (Å²) in [5.41, 5.74) is 1.05. The molecule has 1 aliphatic rings. The Hall–Kier alpha value is -1.40. The molecule has 1 fully saturated rings. The summed E-state index contributed by atoms with van der Waals surface area (Å²) in [5, 5.41) is 15.5. The minimum atomic E-state index is -0.687. The maximum absolute atomic E-state index is 10.4. The van der Waals surface area contributed by atoms with Gasteiger partial charge >= 0.3 is 0 Å². The van der Waals surface area contributed by atoms with Gasteiger partial charge in [0.15, 0.2) is 11.0 Å². The number of aryl methyl sites for hydroxylation is 1. The van der Waals surface area contributed by atoms with Crippen LogP contribution in [0.15, 0.2) is 17.4 Å². The molecule has 0 radical (unpaired) electrons. The molecule has 3 rings (SSSR count). The Morgan fingerprint density at radius 1 is 1.43 bits per heavy atom. The molecule has 0 unspecified atom stereocenters. The van der Waals surface area contributed by atoms with Gasteiger partial charge in [0, 0.05) is 17.3 Å². The van der Waals surface area contributed by atoms with Crippen molar-refractivity contribution in [3.05, 3.63) is 18.0 Å². The molecule has 0 spiro atoms. The van der Waals surface area contributed by atoms with Crippen LogP contribution in [0.3, 0.4) is 0 Å². The normalized spacial score (nSPS) is 25.4. The van der Waals surface area contributed by atoms with Gasteiger partial charge in [0.1, 0.15) is 5.52 Å². The predicted molar refractivity (Wildman–Crippen MR) is 85.7 cm³/mol. The second-order valence-corrected chi connectivity index (χ2v) is 6.63. The SMILES string of the molecule is CSc1ncc2cc(C)nc(N[C@@H]3CCC[C@@]3(C)O)c2n1. The summed E-state index contributed by atoms with van der Waals surface area (Å²) in [4.78, 5) is 13.5. The van der Waals surface area contributed by atoms with Crippen LogP contribution in [0.1, 0.15) is 31.9 Å². The van der Waals surface area contributed by atoms with Crippen molar-refractivity contribution in [2.45, 2.75) is 49.9 Å². The maximum Gasteiger partial charge on any atom is 0.187 e. The van der Waals surface area contributed by atoms with Crippen LogP contribution >= 0.6 is 11.8 Å². The highest BCUT2D eigenvalue weighted by Crippen LogP contribution is 2.33. The largest absolute Gasteiger partial charge is 0.388 e. The first-order valence-corrected chi connectivity index (χ1v) is 8.39. The van der Waals surface area contributed by atoms with Gasteiger partial charge in [-0.25, -0.2) is 15.0 Å². The van der Waals surface area contributed by atoms with Gasteiger partial charge in [-0.05, 0) is 45.4 Å². The second-order valence-electron chi connectivity index (χ2n) is 5.85. The van der Waals surface area contributed by atoms with E-state index in [4.69, 9.17) is 0 Å². The Labute approximate surface area is 128 Å². The monoisotopic (exact) mass is 304 g/mol. The fourth-order valence-corrected chi connectivity index (χ4v) is 3.24. The summed E-state index contributed by atoms with van der Waals surface area (Å²) in [6, 6.07) is 2.00. The molecule has 2 atom stereocenters. The Morgan fingerprint density at radius 2 is 2.24 bits per heavy atom. The lowest BCUT2D eigenvalue weighted by atomic mass is 10.0. The van der Waals surface area contributed by atoms with Gasteiger partial charge in [0.25, 0.3) is 0 Å². The third kappa shape index (κ3) is 2.82. The first-order valence-electron chi connectivity index (χ1n) is 7.17. The Kier molecular flexibility index (Phi) is 3.75. The summed E-state index contributed by atoms with van der Waals surface area (Å²) in [6.45, 7) is 3.85. The topological polar surface area (TPSA) is 70.9 Å². The lowest BCUT2D eigenvalue weighted by Crippen LogP contribution is -2.39. The van der Waals surface area contributed by atoms with Crippen molar-refractivity contribution in [3.8, 4) is 0 Å². The molecule has 112 valence electrons. The first-order chi connectivity index (χ1) is 9.99. The number of nitrogens with zero attached hydrogens (tertiary/aromatic N) is 3. The Morgan fingerprint density at radius 3 is 2.90 bits per heavy atom. The molecule has 0 aromatic carbocycles. The third-order valence-electron chi connectivity index (χ3n) is 4.09. The van der Waals surface area contributed by atoms with Crippen LogP contribution in [0.2, 0.25) is 0 Å². The average Bonchev–Trinajstić information content (AvgIpc) is 2.77. The standard InChI is InChI=1S/C15H20N4OS/c1-9-7-10-8-16-14(21-3)19-12(10)13(17-9)18-11-5-4-6-15(11,2)20/h7-8,11,20H,4-6H2,1-3H3,(H,17,18)/t11-,15-/m1/s1. The van der Waals surface area contributed by atoms with Gasteiger partial charge in [-0.1, -0.05) is 11.8 Å². The van der Waals surface area contributed by atoms with Gasteiger partial charge in [-0.15, -0.1) is 0 Å². The molecule has 2 aromatic heterocycles. The zero-order valence-electron chi connectivity index (χ0n) is 12.6. The van der Waals surface area contributed by atoms with Crippen molar-refractivity contribution in [2.24, 2.45) is 0 Å². The number of nitrogens with one attached hydrogen (secondary N) is 1. The highest BCUT2D eigenvalue weighted by molar-refractivity contribution is 7.98. The van der Waals surface area contributed by atoms with Crippen LogP contribution in [0.25, 0.3) is 10.9 Å². The summed E-state index contributed by atoms with van der Waals surface area (Å²) in [7, 11) is 0. The van der Waals surface area contributed by atoms with Crippen LogP contribution in [0, 0.1) is 6.92 Å². The summed E-state index contributed by atoms with van der Waals surface area (Å²) in [5.74, 6) is 0.745. The molecule has 0 amide bonds. The van der Waals surface area contributed by atoms with Crippen LogP contribution < -0.4 is 5.32 Å². The zero-order chi connectivity index (χ0) is 15.0. The van der Waals surface area contributed by atoms with Crippen LogP contribution in [-0.2, 0) is 0 Å². The van der Waals surface area contributed by atoms with E-state index in [2.05, 4.69) is 20.3 Å². The molecule has 0 bridgehead atoms. The minimum Gasteiger partial charge on any atom is -0.388 e. The molecule has 5 nitrogen and oxygen atoms in total. The number of thioether (sulfide) groups is 1. The number of hydrogen-bond acceptors (Lipinski definition) is 6. The van der Waals surface area contributed by atoms with Crippen molar-refractivity contribution in [1.82, 2.24) is 15.0 Å². The fraction of sp³-hybridized carbons (Fsp3) is 0.533. The number of anilines is 1. The number of hydrogen-bond donors (Lipinski definition) is 2. The molecule has 1 aliphatic carbocycles. The Bertz CT molecular complexity index is 674. The van der Waals surface area contributed by atoms with Gasteiger partial charge in [0.05, 0.1) is 11.6 Å². The van der Waals surface area contributed by atoms with Crippen molar-refractivity contribution >= 4 is 28.5 Å². The van der Waals surface area contributed by atoms with E-state index in [0.717, 1.165) is 46.8 Å². The molecule has 1 saturated carbocycles. The van der Waals surface area contributed by atoms with Gasteiger partial charge < -0.3 is 10.4 Å².